The molecule has 0 unspecified atom stereocenters. The number of likely N-dealkylation sites (N-methyl/N-ethyl adjacent to an activating group) is 1. The zero-order valence-corrected chi connectivity index (χ0v) is 16.2. The normalized spacial score (nSPS) is 11.5. The predicted octanol–water partition coefficient (Wildman–Crippen LogP) is 2.88. The van der Waals surface area contributed by atoms with Crippen LogP contribution in [0.25, 0.3) is 0 Å². The lowest BCUT2D eigenvalue weighted by Crippen LogP contribution is -2.30. The van der Waals surface area contributed by atoms with Crippen molar-refractivity contribution in [3.63, 3.8) is 0 Å². The molecular weight excluding hydrogens is 356 g/mol. The molecule has 0 radical (unpaired) electrons. The van der Waals surface area contributed by atoms with Gasteiger partial charge in [-0.3, -0.25) is 9.69 Å². The van der Waals surface area contributed by atoms with Gasteiger partial charge in [0, 0.05) is 17.7 Å². The maximum absolute atomic E-state index is 12.2. The van der Waals surface area contributed by atoms with E-state index < -0.39 is 9.84 Å². The van der Waals surface area contributed by atoms with Crippen molar-refractivity contribution in [2.45, 2.75) is 16.3 Å². The van der Waals surface area contributed by atoms with Gasteiger partial charge in [-0.2, -0.15) is 0 Å². The molecular formula is C18H22N2O3S2. The minimum atomic E-state index is -3.39. The topological polar surface area (TPSA) is 66.5 Å². The lowest BCUT2D eigenvalue weighted by molar-refractivity contribution is -0.117. The SMILES string of the molecule is CSc1ccc(CN(C)CC(=O)Nc2ccccc2S(C)(=O)=O)cc1. The van der Waals surface area contributed by atoms with Gasteiger partial charge in [-0.1, -0.05) is 24.3 Å². The quantitative estimate of drug-likeness (QED) is 0.751. The highest BCUT2D eigenvalue weighted by atomic mass is 32.2. The minimum absolute atomic E-state index is 0.124. The molecule has 7 heteroatoms. The number of thioether (sulfide) groups is 1. The minimum Gasteiger partial charge on any atom is -0.324 e. The van der Waals surface area contributed by atoms with Gasteiger partial charge in [0.15, 0.2) is 9.84 Å². The van der Waals surface area contributed by atoms with E-state index in [0.717, 1.165) is 11.8 Å². The van der Waals surface area contributed by atoms with Crippen LogP contribution >= 0.6 is 11.8 Å². The van der Waals surface area contributed by atoms with Crippen molar-refractivity contribution in [3.05, 3.63) is 54.1 Å². The summed E-state index contributed by atoms with van der Waals surface area (Å²) in [6.07, 6.45) is 3.15. The molecule has 0 aromatic heterocycles. The molecule has 0 atom stereocenters. The molecule has 0 bridgehead atoms. The van der Waals surface area contributed by atoms with Gasteiger partial charge in [0.2, 0.25) is 5.91 Å². The molecule has 0 saturated carbocycles. The molecule has 25 heavy (non-hydrogen) atoms. The zero-order chi connectivity index (χ0) is 18.4. The van der Waals surface area contributed by atoms with Crippen LogP contribution in [-0.2, 0) is 21.2 Å². The predicted molar refractivity (Wildman–Crippen MR) is 103 cm³/mol. The Labute approximate surface area is 153 Å². The molecule has 0 aliphatic carbocycles. The first-order valence-corrected chi connectivity index (χ1v) is 10.8. The third-order valence-electron chi connectivity index (χ3n) is 3.59. The van der Waals surface area contributed by atoms with Crippen LogP contribution in [0, 0.1) is 0 Å². The number of para-hydroxylation sites is 1. The van der Waals surface area contributed by atoms with Crippen LogP contribution in [0.3, 0.4) is 0 Å². The molecule has 134 valence electrons. The molecule has 5 nitrogen and oxygen atoms in total. The molecule has 0 aliphatic rings. The number of amides is 1. The monoisotopic (exact) mass is 378 g/mol. The van der Waals surface area contributed by atoms with E-state index in [4.69, 9.17) is 0 Å². The lowest BCUT2D eigenvalue weighted by atomic mass is 10.2. The smallest absolute Gasteiger partial charge is 0.238 e. The van der Waals surface area contributed by atoms with Gasteiger partial charge in [-0.15, -0.1) is 11.8 Å². The molecule has 0 heterocycles. The lowest BCUT2D eigenvalue weighted by Gasteiger charge is -2.17. The third-order valence-corrected chi connectivity index (χ3v) is 5.48. The highest BCUT2D eigenvalue weighted by molar-refractivity contribution is 7.98. The molecule has 2 rings (SSSR count). The number of hydrogen-bond donors (Lipinski definition) is 1. The van der Waals surface area contributed by atoms with Crippen LogP contribution in [0.5, 0.6) is 0 Å². The maximum Gasteiger partial charge on any atom is 0.238 e. The number of nitrogens with one attached hydrogen (secondary N) is 1. The van der Waals surface area contributed by atoms with Crippen LogP contribution in [0.2, 0.25) is 0 Å². The Balaban J connectivity index is 1.98. The fourth-order valence-corrected chi connectivity index (χ4v) is 3.68. The highest BCUT2D eigenvalue weighted by Gasteiger charge is 2.15. The average Bonchev–Trinajstić information content (AvgIpc) is 2.54. The molecule has 0 aliphatic heterocycles. The largest absolute Gasteiger partial charge is 0.324 e. The summed E-state index contributed by atoms with van der Waals surface area (Å²) in [6.45, 7) is 0.804. The third kappa shape index (κ3) is 5.88. The molecule has 1 N–H and O–H groups in total. The Hall–Kier alpha value is -1.83. The molecule has 0 spiro atoms. The van der Waals surface area contributed by atoms with Crippen LogP contribution < -0.4 is 5.32 Å². The molecule has 0 fully saturated rings. The summed E-state index contributed by atoms with van der Waals surface area (Å²) in [5, 5.41) is 2.69. The summed E-state index contributed by atoms with van der Waals surface area (Å²) < 4.78 is 23.6. The van der Waals surface area contributed by atoms with Gasteiger partial charge in [0.1, 0.15) is 0 Å². The summed E-state index contributed by atoms with van der Waals surface area (Å²) in [6, 6.07) is 14.6. The number of carbonyl (C=O) groups excluding carboxylic acids is 1. The van der Waals surface area contributed by atoms with Gasteiger partial charge in [-0.25, -0.2) is 8.42 Å². The Morgan fingerprint density at radius 3 is 2.36 bits per heavy atom. The van der Waals surface area contributed by atoms with Crippen molar-refractivity contribution >= 4 is 33.2 Å². The number of sulfone groups is 1. The molecule has 1 amide bonds. The number of anilines is 1. The van der Waals surface area contributed by atoms with E-state index in [1.54, 1.807) is 30.0 Å². The van der Waals surface area contributed by atoms with Crippen molar-refractivity contribution in [1.82, 2.24) is 4.90 Å². The number of rotatable bonds is 7. The molecule has 2 aromatic carbocycles. The Bertz CT molecular complexity index is 834. The van der Waals surface area contributed by atoms with Crippen LogP contribution in [0.1, 0.15) is 5.56 Å². The second-order valence-corrected chi connectivity index (χ2v) is 8.70. The highest BCUT2D eigenvalue weighted by Crippen LogP contribution is 2.20. The fourth-order valence-electron chi connectivity index (χ4n) is 2.43. The maximum atomic E-state index is 12.2. The first-order chi connectivity index (χ1) is 11.8. The average molecular weight is 379 g/mol. The first-order valence-electron chi connectivity index (χ1n) is 7.70. The number of nitrogens with zero attached hydrogens (tertiary/aromatic N) is 1. The van der Waals surface area contributed by atoms with Crippen molar-refractivity contribution < 1.29 is 13.2 Å². The van der Waals surface area contributed by atoms with Crippen molar-refractivity contribution in [1.29, 1.82) is 0 Å². The first kappa shape index (κ1) is 19.5. The summed E-state index contributed by atoms with van der Waals surface area (Å²) in [4.78, 5) is 15.4. The van der Waals surface area contributed by atoms with Gasteiger partial charge >= 0.3 is 0 Å². The van der Waals surface area contributed by atoms with E-state index in [9.17, 15) is 13.2 Å². The standard InChI is InChI=1S/C18H22N2O3S2/c1-20(12-14-8-10-15(24-2)11-9-14)13-18(21)19-16-6-4-5-7-17(16)25(3,22)23/h4-11H,12-13H2,1-3H3,(H,19,21). The van der Waals surface area contributed by atoms with Gasteiger partial charge < -0.3 is 5.32 Å². The fraction of sp³-hybridized carbons (Fsp3) is 0.278. The van der Waals surface area contributed by atoms with Gasteiger partial charge in [-0.05, 0) is 43.1 Å². The number of benzene rings is 2. The Kier molecular flexibility index (Phi) is 6.64. The molecule has 2 aromatic rings. The van der Waals surface area contributed by atoms with E-state index in [2.05, 4.69) is 17.4 Å². The van der Waals surface area contributed by atoms with E-state index in [-0.39, 0.29) is 17.3 Å². The van der Waals surface area contributed by atoms with E-state index in [0.29, 0.717) is 12.2 Å². The summed E-state index contributed by atoms with van der Waals surface area (Å²) in [5.41, 5.74) is 1.43. The summed E-state index contributed by atoms with van der Waals surface area (Å²) in [5.74, 6) is -0.251. The number of carbonyl (C=O) groups is 1. The second kappa shape index (κ2) is 8.51. The van der Waals surface area contributed by atoms with Crippen LogP contribution in [0.4, 0.5) is 5.69 Å². The molecule has 0 saturated heterocycles. The van der Waals surface area contributed by atoms with Gasteiger partial charge in [0.25, 0.3) is 0 Å². The van der Waals surface area contributed by atoms with Crippen LogP contribution in [0.15, 0.2) is 58.3 Å². The van der Waals surface area contributed by atoms with Crippen molar-refractivity contribution in [3.8, 4) is 0 Å². The van der Waals surface area contributed by atoms with E-state index in [1.165, 1.54) is 11.0 Å². The number of hydrogen-bond acceptors (Lipinski definition) is 5. The Morgan fingerprint density at radius 2 is 1.76 bits per heavy atom. The van der Waals surface area contributed by atoms with E-state index in [1.807, 2.05) is 30.3 Å². The van der Waals surface area contributed by atoms with Crippen molar-refractivity contribution in [2.75, 3.05) is 31.4 Å². The zero-order valence-electron chi connectivity index (χ0n) is 14.5. The van der Waals surface area contributed by atoms with Crippen LogP contribution in [-0.4, -0.2) is 45.3 Å². The van der Waals surface area contributed by atoms with Crippen molar-refractivity contribution in [2.24, 2.45) is 0 Å². The Morgan fingerprint density at radius 1 is 1.12 bits per heavy atom. The summed E-state index contributed by atoms with van der Waals surface area (Å²) in [7, 11) is -1.54. The second-order valence-electron chi connectivity index (χ2n) is 5.84. The van der Waals surface area contributed by atoms with E-state index >= 15 is 0 Å². The van der Waals surface area contributed by atoms with Gasteiger partial charge in [0.05, 0.1) is 17.1 Å². The summed E-state index contributed by atoms with van der Waals surface area (Å²) >= 11 is 1.68.